The van der Waals surface area contributed by atoms with E-state index in [9.17, 15) is 5.11 Å². The van der Waals surface area contributed by atoms with Gasteiger partial charge >= 0.3 is 0 Å². The summed E-state index contributed by atoms with van der Waals surface area (Å²) >= 11 is 1.89. The maximum atomic E-state index is 9.97. The summed E-state index contributed by atoms with van der Waals surface area (Å²) in [7, 11) is 0. The molecule has 172 valence electrons. The second kappa shape index (κ2) is 10.4. The van der Waals surface area contributed by atoms with Crippen molar-refractivity contribution in [3.8, 4) is 17.2 Å². The highest BCUT2D eigenvalue weighted by atomic mass is 32.2. The van der Waals surface area contributed by atoms with E-state index in [0.29, 0.717) is 16.9 Å². The number of fused-ring (bicyclic) bond motifs is 1. The summed E-state index contributed by atoms with van der Waals surface area (Å²) in [5.74, 6) is 2.78. The van der Waals surface area contributed by atoms with E-state index in [4.69, 9.17) is 9.47 Å². The zero-order valence-electron chi connectivity index (χ0n) is 18.9. The lowest BCUT2D eigenvalue weighted by Crippen LogP contribution is -2.33. The molecular weight excluding hydrogens is 418 g/mol. The Morgan fingerprint density at radius 1 is 0.938 bits per heavy atom. The molecule has 1 saturated heterocycles. The molecule has 2 heterocycles. The number of hydrogen-bond acceptors (Lipinski definition) is 5. The number of likely N-dealkylation sites (tertiary alicyclic amines) is 1. The van der Waals surface area contributed by atoms with Crippen LogP contribution >= 0.6 is 11.8 Å². The van der Waals surface area contributed by atoms with Gasteiger partial charge in [0, 0.05) is 6.54 Å². The Balaban J connectivity index is 1.28. The Hall–Kier alpha value is -1.85. The largest absolute Gasteiger partial charge is 0.508 e. The Bertz CT molecular complexity index is 875. The van der Waals surface area contributed by atoms with E-state index in [0.717, 1.165) is 29.5 Å². The molecule has 32 heavy (non-hydrogen) atoms. The van der Waals surface area contributed by atoms with Crippen molar-refractivity contribution in [1.82, 2.24) is 4.90 Å². The lowest BCUT2D eigenvalue weighted by atomic mass is 9.83. The quantitative estimate of drug-likeness (QED) is 0.546. The van der Waals surface area contributed by atoms with Crippen LogP contribution in [0.5, 0.6) is 17.2 Å². The third-order valence-electron chi connectivity index (χ3n) is 7.19. The van der Waals surface area contributed by atoms with E-state index >= 15 is 0 Å². The average molecular weight is 454 g/mol. The molecule has 2 fully saturated rings. The number of benzene rings is 2. The van der Waals surface area contributed by atoms with Gasteiger partial charge in [-0.2, -0.15) is 0 Å². The maximum Gasteiger partial charge on any atom is 0.136 e. The van der Waals surface area contributed by atoms with Gasteiger partial charge in [0.15, 0.2) is 0 Å². The molecule has 2 aromatic carbocycles. The molecule has 1 saturated carbocycles. The minimum Gasteiger partial charge on any atom is -0.508 e. The molecule has 0 unspecified atom stereocenters. The van der Waals surface area contributed by atoms with Crippen molar-refractivity contribution in [3.63, 3.8) is 0 Å². The summed E-state index contributed by atoms with van der Waals surface area (Å²) in [5, 5.41) is 10.3. The number of aromatic hydroxyl groups is 1. The molecule has 0 spiro atoms. The topological polar surface area (TPSA) is 41.9 Å². The van der Waals surface area contributed by atoms with E-state index in [1.807, 2.05) is 23.9 Å². The number of nitrogens with zero attached hydrogens (tertiary/aromatic N) is 1. The monoisotopic (exact) mass is 453 g/mol. The number of thioether (sulfide) groups is 1. The standard InChI is InChI=1S/C27H35NO3S/c29-22-11-14-24-25(19-22)32-27(21-7-3-1-4-8-21)26(31-24)20-9-12-23(13-10-20)30-18-17-28-15-5-2-6-16-28/h9-14,19,21,26-27,29H,1-8,15-18H2/t26-,27+/m0/s1. The van der Waals surface area contributed by atoms with E-state index in [-0.39, 0.29) is 6.10 Å². The van der Waals surface area contributed by atoms with Gasteiger partial charge in [-0.15, -0.1) is 11.8 Å². The molecule has 1 aliphatic carbocycles. The second-order valence-electron chi connectivity index (χ2n) is 9.47. The number of hydrogen-bond donors (Lipinski definition) is 1. The first kappa shape index (κ1) is 22.0. The summed E-state index contributed by atoms with van der Waals surface area (Å²) < 4.78 is 12.6. The van der Waals surface area contributed by atoms with Gasteiger partial charge in [-0.05, 0) is 80.6 Å². The van der Waals surface area contributed by atoms with Gasteiger partial charge in [-0.1, -0.05) is 37.8 Å². The fourth-order valence-corrected chi connectivity index (χ4v) is 6.91. The molecule has 5 rings (SSSR count). The molecule has 5 heteroatoms. The molecule has 2 aliphatic heterocycles. The summed E-state index contributed by atoms with van der Waals surface area (Å²) in [6, 6.07) is 14.0. The van der Waals surface area contributed by atoms with Gasteiger partial charge in [0.1, 0.15) is 30.0 Å². The van der Waals surface area contributed by atoms with Crippen LogP contribution in [-0.2, 0) is 0 Å². The Morgan fingerprint density at radius 2 is 1.69 bits per heavy atom. The number of ether oxygens (including phenoxy) is 2. The third-order valence-corrected chi connectivity index (χ3v) is 8.67. The Kier molecular flexibility index (Phi) is 7.13. The summed E-state index contributed by atoms with van der Waals surface area (Å²) in [6.07, 6.45) is 10.5. The van der Waals surface area contributed by atoms with Crippen LogP contribution in [0.2, 0.25) is 0 Å². The van der Waals surface area contributed by atoms with Crippen molar-refractivity contribution in [1.29, 1.82) is 0 Å². The van der Waals surface area contributed by atoms with E-state index in [1.54, 1.807) is 6.07 Å². The highest BCUT2D eigenvalue weighted by Gasteiger charge is 2.38. The number of phenols is 1. The number of rotatable bonds is 6. The van der Waals surface area contributed by atoms with Crippen molar-refractivity contribution >= 4 is 11.8 Å². The van der Waals surface area contributed by atoms with Crippen LogP contribution in [0.1, 0.15) is 63.0 Å². The van der Waals surface area contributed by atoms with Crippen LogP contribution in [0.4, 0.5) is 0 Å². The van der Waals surface area contributed by atoms with Crippen LogP contribution in [0.25, 0.3) is 0 Å². The van der Waals surface area contributed by atoms with Gasteiger partial charge in [0.25, 0.3) is 0 Å². The van der Waals surface area contributed by atoms with Crippen LogP contribution < -0.4 is 9.47 Å². The molecule has 4 nitrogen and oxygen atoms in total. The predicted molar refractivity (Wildman–Crippen MR) is 130 cm³/mol. The van der Waals surface area contributed by atoms with E-state index < -0.39 is 0 Å². The van der Waals surface area contributed by atoms with Gasteiger partial charge in [0.2, 0.25) is 0 Å². The molecular formula is C27H35NO3S. The van der Waals surface area contributed by atoms with Crippen molar-refractivity contribution in [2.24, 2.45) is 5.92 Å². The van der Waals surface area contributed by atoms with Gasteiger partial charge in [-0.3, -0.25) is 4.90 Å². The summed E-state index contributed by atoms with van der Waals surface area (Å²) in [6.45, 7) is 4.18. The van der Waals surface area contributed by atoms with Crippen LogP contribution in [0.3, 0.4) is 0 Å². The number of piperidine rings is 1. The van der Waals surface area contributed by atoms with Crippen molar-refractivity contribution in [2.75, 3.05) is 26.2 Å². The molecule has 0 bridgehead atoms. The third kappa shape index (κ3) is 5.20. The Labute approximate surface area is 196 Å². The molecule has 2 aromatic rings. The van der Waals surface area contributed by atoms with Crippen LogP contribution in [0.15, 0.2) is 47.4 Å². The minimum absolute atomic E-state index is 0.0301. The molecule has 0 aromatic heterocycles. The van der Waals surface area contributed by atoms with Crippen molar-refractivity contribution in [3.05, 3.63) is 48.0 Å². The highest BCUT2D eigenvalue weighted by molar-refractivity contribution is 8.00. The Morgan fingerprint density at radius 3 is 2.47 bits per heavy atom. The van der Waals surface area contributed by atoms with E-state index in [2.05, 4.69) is 29.2 Å². The zero-order chi connectivity index (χ0) is 21.8. The second-order valence-corrected chi connectivity index (χ2v) is 10.7. The molecule has 0 radical (unpaired) electrons. The van der Waals surface area contributed by atoms with Crippen LogP contribution in [0, 0.1) is 5.92 Å². The molecule has 2 atom stereocenters. The number of phenolic OH excluding ortho intramolecular Hbond substituents is 1. The first-order chi connectivity index (χ1) is 15.8. The fourth-order valence-electron chi connectivity index (χ4n) is 5.39. The molecule has 1 N–H and O–H groups in total. The van der Waals surface area contributed by atoms with Gasteiger partial charge < -0.3 is 14.6 Å². The lowest BCUT2D eigenvalue weighted by Gasteiger charge is -2.39. The molecule has 0 amide bonds. The minimum atomic E-state index is 0.0301. The predicted octanol–water partition coefficient (Wildman–Crippen LogP) is 6.43. The average Bonchev–Trinajstić information content (AvgIpc) is 2.85. The first-order valence-electron chi connectivity index (χ1n) is 12.4. The summed E-state index contributed by atoms with van der Waals surface area (Å²) in [4.78, 5) is 3.57. The maximum absolute atomic E-state index is 9.97. The normalized spacial score (nSPS) is 24.5. The highest BCUT2D eigenvalue weighted by Crippen LogP contribution is 2.51. The smallest absolute Gasteiger partial charge is 0.136 e. The first-order valence-corrected chi connectivity index (χ1v) is 13.3. The lowest BCUT2D eigenvalue weighted by molar-refractivity contribution is 0.152. The van der Waals surface area contributed by atoms with Gasteiger partial charge in [0.05, 0.1) is 10.1 Å². The van der Waals surface area contributed by atoms with Crippen molar-refractivity contribution in [2.45, 2.75) is 67.6 Å². The van der Waals surface area contributed by atoms with Crippen LogP contribution in [-0.4, -0.2) is 41.5 Å². The summed E-state index contributed by atoms with van der Waals surface area (Å²) in [5.41, 5.74) is 1.22. The van der Waals surface area contributed by atoms with Crippen molar-refractivity contribution < 1.29 is 14.6 Å². The van der Waals surface area contributed by atoms with E-state index in [1.165, 1.54) is 70.0 Å². The fraction of sp³-hybridized carbons (Fsp3) is 0.556. The van der Waals surface area contributed by atoms with Gasteiger partial charge in [-0.25, -0.2) is 0 Å². The SMILES string of the molecule is Oc1ccc2c(c1)S[C@H](C1CCCCC1)[C@H](c1ccc(OCCN3CCCCC3)cc1)O2. The zero-order valence-corrected chi connectivity index (χ0v) is 19.7. The molecule has 3 aliphatic rings.